The molecule has 156 valence electrons. The van der Waals surface area contributed by atoms with Gasteiger partial charge >= 0.3 is 6.03 Å². The van der Waals surface area contributed by atoms with E-state index < -0.39 is 5.41 Å². The second-order valence-corrected chi connectivity index (χ2v) is 7.77. The largest absolute Gasteiger partial charge is 0.352 e. The first kappa shape index (κ1) is 20.9. The summed E-state index contributed by atoms with van der Waals surface area (Å²) >= 11 is 0. The highest BCUT2D eigenvalue weighted by atomic mass is 16.2. The number of hydrogen-bond donors (Lipinski definition) is 2. The molecule has 29 heavy (non-hydrogen) atoms. The molecule has 1 aromatic rings. The zero-order valence-electron chi connectivity index (χ0n) is 17.0. The molecule has 3 rings (SSSR count). The summed E-state index contributed by atoms with van der Waals surface area (Å²) in [6.07, 6.45) is 3.98. The SMILES string of the molecule is C=CC(=O)N1CCC(C(=O)NC2CCN(C(=O)NC)CC2)(c2ccccc2)CC1. The van der Waals surface area contributed by atoms with Crippen LogP contribution in [0, 0.1) is 0 Å². The zero-order chi connectivity index (χ0) is 20.9. The van der Waals surface area contributed by atoms with E-state index in [4.69, 9.17) is 0 Å². The number of rotatable bonds is 4. The predicted octanol–water partition coefficient (Wildman–Crippen LogP) is 1.65. The lowest BCUT2D eigenvalue weighted by Crippen LogP contribution is -2.56. The third kappa shape index (κ3) is 4.44. The molecule has 2 aliphatic rings. The molecule has 0 atom stereocenters. The summed E-state index contributed by atoms with van der Waals surface area (Å²) in [5.74, 6) is -0.0681. The molecule has 2 saturated heterocycles. The van der Waals surface area contributed by atoms with Crippen LogP contribution in [0.3, 0.4) is 0 Å². The molecular formula is C22H30N4O3. The molecular weight excluding hydrogens is 368 g/mol. The molecule has 0 spiro atoms. The first-order valence-electron chi connectivity index (χ1n) is 10.2. The van der Waals surface area contributed by atoms with Crippen molar-refractivity contribution < 1.29 is 14.4 Å². The van der Waals surface area contributed by atoms with Gasteiger partial charge in [0.05, 0.1) is 5.41 Å². The molecule has 0 aromatic heterocycles. The molecule has 7 heteroatoms. The zero-order valence-corrected chi connectivity index (χ0v) is 17.0. The van der Waals surface area contributed by atoms with E-state index in [0.717, 1.165) is 18.4 Å². The molecule has 2 N–H and O–H groups in total. The van der Waals surface area contributed by atoms with E-state index in [0.29, 0.717) is 39.0 Å². The Morgan fingerprint density at radius 2 is 1.66 bits per heavy atom. The van der Waals surface area contributed by atoms with E-state index in [1.165, 1.54) is 6.08 Å². The molecule has 0 bridgehead atoms. The van der Waals surface area contributed by atoms with Gasteiger partial charge in [0.2, 0.25) is 11.8 Å². The van der Waals surface area contributed by atoms with Crippen molar-refractivity contribution in [2.45, 2.75) is 37.1 Å². The summed E-state index contributed by atoms with van der Waals surface area (Å²) in [6, 6.07) is 9.82. The van der Waals surface area contributed by atoms with Crippen LogP contribution >= 0.6 is 0 Å². The van der Waals surface area contributed by atoms with Gasteiger partial charge in [-0.1, -0.05) is 36.9 Å². The fourth-order valence-electron chi connectivity index (χ4n) is 4.35. The van der Waals surface area contributed by atoms with Crippen molar-refractivity contribution >= 4 is 17.8 Å². The second kappa shape index (κ2) is 9.11. The van der Waals surface area contributed by atoms with E-state index in [1.54, 1.807) is 16.8 Å². The fraction of sp³-hybridized carbons (Fsp3) is 0.500. The number of carbonyl (C=O) groups excluding carboxylic acids is 3. The Balaban J connectivity index is 1.71. The normalized spacial score (nSPS) is 19.3. The van der Waals surface area contributed by atoms with Crippen molar-refractivity contribution in [2.75, 3.05) is 33.2 Å². The second-order valence-electron chi connectivity index (χ2n) is 7.77. The van der Waals surface area contributed by atoms with Gasteiger partial charge in [-0.2, -0.15) is 0 Å². The Morgan fingerprint density at radius 1 is 1.03 bits per heavy atom. The number of amides is 4. The molecule has 0 unspecified atom stereocenters. The number of nitrogens with zero attached hydrogens (tertiary/aromatic N) is 2. The maximum Gasteiger partial charge on any atom is 0.317 e. The van der Waals surface area contributed by atoms with Gasteiger partial charge in [0.1, 0.15) is 0 Å². The molecule has 2 fully saturated rings. The first-order chi connectivity index (χ1) is 14.0. The molecule has 0 radical (unpaired) electrons. The number of piperidine rings is 2. The lowest BCUT2D eigenvalue weighted by molar-refractivity contribution is -0.134. The fourth-order valence-corrected chi connectivity index (χ4v) is 4.35. The van der Waals surface area contributed by atoms with E-state index in [1.807, 2.05) is 30.3 Å². The van der Waals surface area contributed by atoms with Crippen LogP contribution in [0.1, 0.15) is 31.2 Å². The third-order valence-electron chi connectivity index (χ3n) is 6.20. The number of hydrogen-bond acceptors (Lipinski definition) is 3. The van der Waals surface area contributed by atoms with Crippen molar-refractivity contribution in [1.82, 2.24) is 20.4 Å². The van der Waals surface area contributed by atoms with Crippen LogP contribution in [0.5, 0.6) is 0 Å². The van der Waals surface area contributed by atoms with Gasteiger partial charge in [-0.05, 0) is 37.3 Å². The summed E-state index contributed by atoms with van der Waals surface area (Å²) in [5, 5.41) is 5.89. The van der Waals surface area contributed by atoms with Crippen molar-refractivity contribution in [2.24, 2.45) is 0 Å². The van der Waals surface area contributed by atoms with Crippen LogP contribution in [-0.2, 0) is 15.0 Å². The Bertz CT molecular complexity index is 749. The Kier molecular flexibility index (Phi) is 6.56. The van der Waals surface area contributed by atoms with Crippen LogP contribution in [0.25, 0.3) is 0 Å². The topological polar surface area (TPSA) is 81.8 Å². The van der Waals surface area contributed by atoms with Gasteiger partial charge in [-0.15, -0.1) is 0 Å². The number of carbonyl (C=O) groups is 3. The van der Waals surface area contributed by atoms with Gasteiger partial charge in [-0.3, -0.25) is 9.59 Å². The van der Waals surface area contributed by atoms with Gasteiger partial charge in [0.25, 0.3) is 0 Å². The average Bonchev–Trinajstić information content (AvgIpc) is 2.79. The molecule has 2 heterocycles. The van der Waals surface area contributed by atoms with E-state index in [-0.39, 0.29) is 23.9 Å². The highest BCUT2D eigenvalue weighted by Crippen LogP contribution is 2.36. The van der Waals surface area contributed by atoms with Crippen molar-refractivity contribution in [3.63, 3.8) is 0 Å². The smallest absolute Gasteiger partial charge is 0.317 e. The van der Waals surface area contributed by atoms with Crippen molar-refractivity contribution in [3.8, 4) is 0 Å². The first-order valence-corrected chi connectivity index (χ1v) is 10.2. The van der Waals surface area contributed by atoms with Gasteiger partial charge < -0.3 is 20.4 Å². The number of benzene rings is 1. The Labute approximate surface area is 172 Å². The summed E-state index contributed by atoms with van der Waals surface area (Å²) in [4.78, 5) is 40.8. The van der Waals surface area contributed by atoms with Crippen molar-refractivity contribution in [3.05, 3.63) is 48.6 Å². The maximum atomic E-state index is 13.5. The molecule has 4 amide bonds. The summed E-state index contributed by atoms with van der Waals surface area (Å²) in [6.45, 7) is 5.88. The molecule has 1 aromatic carbocycles. The molecule has 0 aliphatic carbocycles. The Morgan fingerprint density at radius 3 is 2.21 bits per heavy atom. The van der Waals surface area contributed by atoms with Gasteiger partial charge in [-0.25, -0.2) is 4.79 Å². The molecule has 0 saturated carbocycles. The van der Waals surface area contributed by atoms with Crippen LogP contribution in [0.4, 0.5) is 4.79 Å². The lowest BCUT2D eigenvalue weighted by atomic mass is 9.71. The summed E-state index contributed by atoms with van der Waals surface area (Å²) in [5.41, 5.74) is 0.350. The monoisotopic (exact) mass is 398 g/mol. The highest BCUT2D eigenvalue weighted by Gasteiger charge is 2.44. The lowest BCUT2D eigenvalue weighted by Gasteiger charge is -2.42. The molecule has 7 nitrogen and oxygen atoms in total. The third-order valence-corrected chi connectivity index (χ3v) is 6.20. The highest BCUT2D eigenvalue weighted by molar-refractivity contribution is 5.90. The quantitative estimate of drug-likeness (QED) is 0.757. The predicted molar refractivity (Wildman–Crippen MR) is 111 cm³/mol. The van der Waals surface area contributed by atoms with Crippen molar-refractivity contribution in [1.29, 1.82) is 0 Å². The van der Waals surface area contributed by atoms with Gasteiger partial charge in [0.15, 0.2) is 0 Å². The number of likely N-dealkylation sites (tertiary alicyclic amines) is 2. The minimum Gasteiger partial charge on any atom is -0.352 e. The summed E-state index contributed by atoms with van der Waals surface area (Å²) < 4.78 is 0. The van der Waals surface area contributed by atoms with Crippen LogP contribution in [-0.4, -0.2) is 66.9 Å². The molecule has 2 aliphatic heterocycles. The average molecular weight is 399 g/mol. The van der Waals surface area contributed by atoms with Crippen LogP contribution in [0.15, 0.2) is 43.0 Å². The van der Waals surface area contributed by atoms with E-state index in [2.05, 4.69) is 17.2 Å². The van der Waals surface area contributed by atoms with E-state index >= 15 is 0 Å². The van der Waals surface area contributed by atoms with Crippen LogP contribution in [0.2, 0.25) is 0 Å². The number of urea groups is 1. The van der Waals surface area contributed by atoms with Crippen LogP contribution < -0.4 is 10.6 Å². The Hall–Kier alpha value is -2.83. The minimum atomic E-state index is -0.642. The maximum absolute atomic E-state index is 13.5. The number of nitrogens with one attached hydrogen (secondary N) is 2. The van der Waals surface area contributed by atoms with Gasteiger partial charge in [0, 0.05) is 39.3 Å². The summed E-state index contributed by atoms with van der Waals surface area (Å²) in [7, 11) is 1.63. The van der Waals surface area contributed by atoms with E-state index in [9.17, 15) is 14.4 Å². The standard InChI is InChI=1S/C22H30N4O3/c1-3-19(27)25-15-11-22(12-16-25,17-7-5-4-6-8-17)20(28)24-18-9-13-26(14-10-18)21(29)23-2/h3-8,18H,1,9-16H2,2H3,(H,23,29)(H,24,28). The minimum absolute atomic E-state index is 0.0211.